The van der Waals surface area contributed by atoms with Gasteiger partial charge in [-0.2, -0.15) is 0 Å². The highest BCUT2D eigenvalue weighted by Gasteiger charge is 2.43. The third-order valence-electron chi connectivity index (χ3n) is 2.81. The van der Waals surface area contributed by atoms with E-state index in [9.17, 15) is 15.3 Å². The van der Waals surface area contributed by atoms with Crippen LogP contribution in [0.25, 0.3) is 0 Å². The molecular formula is C9H19BO4. The van der Waals surface area contributed by atoms with Crippen LogP contribution in [0.5, 0.6) is 0 Å². The highest BCUT2D eigenvalue weighted by atomic mass is 16.5. The fourth-order valence-corrected chi connectivity index (χ4v) is 1.87. The molecular weight excluding hydrogens is 183 g/mol. The summed E-state index contributed by atoms with van der Waals surface area (Å²) in [5, 5.41) is 28.8. The molecule has 0 aromatic heterocycles. The van der Waals surface area contributed by atoms with E-state index in [0.717, 1.165) is 0 Å². The van der Waals surface area contributed by atoms with Gasteiger partial charge in [0.2, 0.25) is 0 Å². The van der Waals surface area contributed by atoms with Gasteiger partial charge in [0, 0.05) is 0 Å². The second kappa shape index (κ2) is 4.62. The molecule has 5 atom stereocenters. The summed E-state index contributed by atoms with van der Waals surface area (Å²) in [5.41, 5.74) is 0. The fraction of sp³-hybridized carbons (Fsp3) is 1.00. The Morgan fingerprint density at radius 3 is 2.14 bits per heavy atom. The van der Waals surface area contributed by atoms with Gasteiger partial charge in [0.25, 0.3) is 0 Å². The van der Waals surface area contributed by atoms with Crippen LogP contribution in [0.4, 0.5) is 0 Å². The molecule has 1 heterocycles. The zero-order valence-corrected chi connectivity index (χ0v) is 8.92. The van der Waals surface area contributed by atoms with Crippen LogP contribution in [0, 0.1) is 5.92 Å². The van der Waals surface area contributed by atoms with E-state index < -0.39 is 24.4 Å². The van der Waals surface area contributed by atoms with E-state index in [-0.39, 0.29) is 12.0 Å². The highest BCUT2D eigenvalue weighted by Crippen LogP contribution is 2.26. The molecule has 1 saturated heterocycles. The van der Waals surface area contributed by atoms with Crippen molar-refractivity contribution in [1.82, 2.24) is 0 Å². The number of aliphatic hydroxyl groups excluding tert-OH is 3. The Hall–Kier alpha value is -0.0951. The molecule has 0 bridgehead atoms. The van der Waals surface area contributed by atoms with E-state index in [0.29, 0.717) is 6.32 Å². The van der Waals surface area contributed by atoms with E-state index in [1.165, 1.54) is 0 Å². The van der Waals surface area contributed by atoms with Crippen LogP contribution >= 0.6 is 0 Å². The number of ether oxygens (including phenoxy) is 1. The monoisotopic (exact) mass is 202 g/mol. The summed E-state index contributed by atoms with van der Waals surface area (Å²) in [6, 6.07) is 0. The summed E-state index contributed by atoms with van der Waals surface area (Å²) < 4.78 is 5.53. The molecule has 0 radical (unpaired) electrons. The van der Waals surface area contributed by atoms with E-state index in [4.69, 9.17) is 4.74 Å². The maximum atomic E-state index is 9.66. The van der Waals surface area contributed by atoms with Gasteiger partial charge in [0.05, 0.1) is 12.2 Å². The number of hydrogen-bond donors (Lipinski definition) is 3. The highest BCUT2D eigenvalue weighted by molar-refractivity contribution is 6.08. The van der Waals surface area contributed by atoms with E-state index in [2.05, 4.69) is 0 Å². The van der Waals surface area contributed by atoms with Crippen molar-refractivity contribution in [1.29, 1.82) is 0 Å². The van der Waals surface area contributed by atoms with Crippen LogP contribution in [0.15, 0.2) is 0 Å². The van der Waals surface area contributed by atoms with Crippen molar-refractivity contribution >= 4 is 7.85 Å². The number of aliphatic hydroxyl groups is 3. The van der Waals surface area contributed by atoms with Crippen LogP contribution < -0.4 is 0 Å². The minimum absolute atomic E-state index is 0.126. The second-order valence-corrected chi connectivity index (χ2v) is 4.26. The molecule has 0 amide bonds. The topological polar surface area (TPSA) is 69.9 Å². The Bertz CT molecular complexity index is 186. The SMILES string of the molecule is BCC1O[C@@H](C(C)C)C(O)C(O)[C@H]1O. The van der Waals surface area contributed by atoms with Gasteiger partial charge in [-0.3, -0.25) is 0 Å². The second-order valence-electron chi connectivity index (χ2n) is 4.26. The summed E-state index contributed by atoms with van der Waals surface area (Å²) in [7, 11) is 1.88. The third kappa shape index (κ3) is 2.11. The molecule has 1 rings (SSSR count). The average Bonchev–Trinajstić information content (AvgIpc) is 2.14. The molecule has 4 nitrogen and oxygen atoms in total. The molecule has 1 aliphatic rings. The van der Waals surface area contributed by atoms with Crippen molar-refractivity contribution in [2.24, 2.45) is 5.92 Å². The van der Waals surface area contributed by atoms with Crippen molar-refractivity contribution < 1.29 is 20.1 Å². The van der Waals surface area contributed by atoms with Gasteiger partial charge in [-0.15, -0.1) is 0 Å². The molecule has 3 N–H and O–H groups in total. The molecule has 5 heteroatoms. The molecule has 0 aromatic rings. The molecule has 0 saturated carbocycles. The molecule has 0 spiro atoms. The van der Waals surface area contributed by atoms with Crippen molar-refractivity contribution in [2.75, 3.05) is 0 Å². The lowest BCUT2D eigenvalue weighted by atomic mass is 9.85. The van der Waals surface area contributed by atoms with Crippen LogP contribution in [-0.4, -0.2) is 53.7 Å². The van der Waals surface area contributed by atoms with Gasteiger partial charge in [-0.25, -0.2) is 0 Å². The average molecular weight is 202 g/mol. The summed E-state index contributed by atoms with van der Waals surface area (Å²) in [6.07, 6.45) is -3.20. The summed E-state index contributed by atoms with van der Waals surface area (Å²) >= 11 is 0. The molecule has 0 aliphatic carbocycles. The maximum Gasteiger partial charge on any atom is 0.111 e. The van der Waals surface area contributed by atoms with Gasteiger partial charge in [-0.1, -0.05) is 20.2 Å². The first-order valence-electron chi connectivity index (χ1n) is 5.18. The zero-order chi connectivity index (χ0) is 10.9. The smallest absolute Gasteiger partial charge is 0.111 e. The Labute approximate surface area is 85.3 Å². The Balaban J connectivity index is 2.73. The fourth-order valence-electron chi connectivity index (χ4n) is 1.87. The molecule has 1 fully saturated rings. The summed E-state index contributed by atoms with van der Waals surface area (Å²) in [6.45, 7) is 3.84. The predicted molar refractivity (Wildman–Crippen MR) is 54.9 cm³/mol. The van der Waals surface area contributed by atoms with Crippen LogP contribution in [-0.2, 0) is 4.74 Å². The molecule has 82 valence electrons. The van der Waals surface area contributed by atoms with Crippen molar-refractivity contribution in [3.8, 4) is 0 Å². The van der Waals surface area contributed by atoms with Crippen molar-refractivity contribution in [3.05, 3.63) is 0 Å². The first kappa shape index (κ1) is 12.0. The Morgan fingerprint density at radius 1 is 1.14 bits per heavy atom. The van der Waals surface area contributed by atoms with E-state index >= 15 is 0 Å². The van der Waals surface area contributed by atoms with Crippen molar-refractivity contribution in [3.63, 3.8) is 0 Å². The third-order valence-corrected chi connectivity index (χ3v) is 2.81. The maximum absolute atomic E-state index is 9.66. The zero-order valence-electron chi connectivity index (χ0n) is 8.92. The Kier molecular flexibility index (Phi) is 3.95. The first-order chi connectivity index (χ1) is 6.49. The van der Waals surface area contributed by atoms with Crippen molar-refractivity contribution in [2.45, 2.75) is 50.7 Å². The van der Waals surface area contributed by atoms with Crippen LogP contribution in [0.1, 0.15) is 13.8 Å². The quantitative estimate of drug-likeness (QED) is 0.479. The minimum Gasteiger partial charge on any atom is -0.388 e. The predicted octanol–water partition coefficient (Wildman–Crippen LogP) is -1.46. The van der Waals surface area contributed by atoms with Gasteiger partial charge in [0.1, 0.15) is 26.2 Å². The minimum atomic E-state index is -1.10. The lowest BCUT2D eigenvalue weighted by molar-refractivity contribution is -0.226. The molecule has 14 heavy (non-hydrogen) atoms. The van der Waals surface area contributed by atoms with Gasteiger partial charge in [-0.05, 0) is 5.92 Å². The first-order valence-corrected chi connectivity index (χ1v) is 5.18. The molecule has 1 aliphatic heterocycles. The molecule has 3 unspecified atom stereocenters. The van der Waals surface area contributed by atoms with Gasteiger partial charge >= 0.3 is 0 Å². The number of hydrogen-bond acceptors (Lipinski definition) is 4. The molecule has 0 aromatic carbocycles. The van der Waals surface area contributed by atoms with Gasteiger partial charge in [0.15, 0.2) is 0 Å². The van der Waals surface area contributed by atoms with E-state index in [1.54, 1.807) is 0 Å². The van der Waals surface area contributed by atoms with Gasteiger partial charge < -0.3 is 20.1 Å². The standard InChI is InChI=1S/C9H19BO4/c1-4(2)9-8(13)7(12)6(11)5(3-10)14-9/h4-9,11-13H,3,10H2,1-2H3/t5?,6-,7?,8?,9-/m0/s1. The Morgan fingerprint density at radius 2 is 1.71 bits per heavy atom. The number of rotatable bonds is 2. The normalized spacial score (nSPS) is 44.3. The lowest BCUT2D eigenvalue weighted by Gasteiger charge is -2.42. The van der Waals surface area contributed by atoms with Crippen LogP contribution in [0.3, 0.4) is 0 Å². The largest absolute Gasteiger partial charge is 0.388 e. The summed E-state index contributed by atoms with van der Waals surface area (Å²) in [4.78, 5) is 0. The lowest BCUT2D eigenvalue weighted by Crippen LogP contribution is -2.58. The van der Waals surface area contributed by atoms with Crippen LogP contribution in [0.2, 0.25) is 6.32 Å². The summed E-state index contributed by atoms with van der Waals surface area (Å²) in [5.74, 6) is 0.126. The van der Waals surface area contributed by atoms with E-state index in [1.807, 2.05) is 21.7 Å².